The van der Waals surface area contributed by atoms with Gasteiger partial charge in [0.15, 0.2) is 5.78 Å². The molecule has 1 aliphatic rings. The standard InChI is InChI=1S/C24H22O/c25-24(20-14-8-3-9-15-20)23-17-21(18-10-4-1-5-11-18)16-22(23)19-12-6-2-7-13-19/h1-15,21-23H,16-17H2/t21-,22+,23-/m1/s1. The zero-order valence-electron chi connectivity index (χ0n) is 14.2. The molecule has 3 aromatic rings. The van der Waals surface area contributed by atoms with Crippen molar-refractivity contribution in [3.05, 3.63) is 108 Å². The number of carbonyl (C=O) groups excluding carboxylic acids is 1. The molecule has 1 nitrogen and oxygen atoms in total. The van der Waals surface area contributed by atoms with Crippen molar-refractivity contribution >= 4 is 5.78 Å². The van der Waals surface area contributed by atoms with E-state index in [0.29, 0.717) is 11.8 Å². The molecule has 0 radical (unpaired) electrons. The number of ketones is 1. The molecule has 0 aromatic heterocycles. The normalized spacial score (nSPS) is 22.6. The van der Waals surface area contributed by atoms with Gasteiger partial charge in [-0.15, -0.1) is 0 Å². The fourth-order valence-corrected chi connectivity index (χ4v) is 4.21. The van der Waals surface area contributed by atoms with Crippen LogP contribution in [0.2, 0.25) is 0 Å². The van der Waals surface area contributed by atoms with E-state index in [1.807, 2.05) is 36.4 Å². The molecule has 25 heavy (non-hydrogen) atoms. The van der Waals surface area contributed by atoms with E-state index < -0.39 is 0 Å². The lowest BCUT2D eigenvalue weighted by Crippen LogP contribution is -2.18. The summed E-state index contributed by atoms with van der Waals surface area (Å²) in [5.41, 5.74) is 3.48. The first-order valence-corrected chi connectivity index (χ1v) is 9.02. The first-order valence-electron chi connectivity index (χ1n) is 9.02. The summed E-state index contributed by atoms with van der Waals surface area (Å²) in [6.45, 7) is 0. The molecule has 0 unspecified atom stereocenters. The molecule has 4 rings (SSSR count). The van der Waals surface area contributed by atoms with Gasteiger partial charge in [-0.3, -0.25) is 4.79 Å². The maximum atomic E-state index is 13.2. The second-order valence-electron chi connectivity index (χ2n) is 6.93. The zero-order chi connectivity index (χ0) is 17.1. The molecule has 0 amide bonds. The van der Waals surface area contributed by atoms with Gasteiger partial charge in [-0.1, -0.05) is 91.0 Å². The summed E-state index contributed by atoms with van der Waals surface area (Å²) in [7, 11) is 0. The van der Waals surface area contributed by atoms with E-state index >= 15 is 0 Å². The van der Waals surface area contributed by atoms with Crippen molar-refractivity contribution in [3.63, 3.8) is 0 Å². The Morgan fingerprint density at radius 2 is 1.16 bits per heavy atom. The van der Waals surface area contributed by atoms with Gasteiger partial charge in [0.2, 0.25) is 0 Å². The molecule has 0 heterocycles. The second-order valence-corrected chi connectivity index (χ2v) is 6.93. The van der Waals surface area contributed by atoms with Gasteiger partial charge in [-0.25, -0.2) is 0 Å². The molecule has 1 heteroatoms. The molecular weight excluding hydrogens is 304 g/mol. The van der Waals surface area contributed by atoms with Crippen LogP contribution in [0, 0.1) is 5.92 Å². The molecular formula is C24H22O. The van der Waals surface area contributed by atoms with E-state index in [4.69, 9.17) is 0 Å². The van der Waals surface area contributed by atoms with Crippen LogP contribution in [0.3, 0.4) is 0 Å². The maximum Gasteiger partial charge on any atom is 0.166 e. The third-order valence-electron chi connectivity index (χ3n) is 5.46. The molecule has 1 saturated carbocycles. The third-order valence-corrected chi connectivity index (χ3v) is 5.46. The molecule has 0 saturated heterocycles. The third kappa shape index (κ3) is 3.28. The van der Waals surface area contributed by atoms with Crippen molar-refractivity contribution in [2.24, 2.45) is 5.92 Å². The van der Waals surface area contributed by atoms with Crippen LogP contribution in [0.1, 0.15) is 46.2 Å². The number of rotatable bonds is 4. The lowest BCUT2D eigenvalue weighted by Gasteiger charge is -2.18. The molecule has 124 valence electrons. The minimum Gasteiger partial charge on any atom is -0.294 e. The Balaban J connectivity index is 1.68. The van der Waals surface area contributed by atoms with Crippen molar-refractivity contribution in [2.45, 2.75) is 24.7 Å². The summed E-state index contributed by atoms with van der Waals surface area (Å²) in [4.78, 5) is 13.2. The highest BCUT2D eigenvalue weighted by Crippen LogP contribution is 2.48. The van der Waals surface area contributed by atoms with Crippen LogP contribution in [-0.4, -0.2) is 5.78 Å². The zero-order valence-corrected chi connectivity index (χ0v) is 14.2. The summed E-state index contributed by atoms with van der Waals surface area (Å²) < 4.78 is 0. The predicted octanol–water partition coefficient (Wildman–Crippen LogP) is 5.85. The smallest absolute Gasteiger partial charge is 0.166 e. The minimum absolute atomic E-state index is 0.0509. The average molecular weight is 326 g/mol. The van der Waals surface area contributed by atoms with Crippen LogP contribution in [0.15, 0.2) is 91.0 Å². The van der Waals surface area contributed by atoms with Crippen LogP contribution in [0.25, 0.3) is 0 Å². The Kier molecular flexibility index (Phi) is 4.47. The number of Topliss-reactive ketones (excluding diaryl/α,β-unsaturated/α-hetero) is 1. The quantitative estimate of drug-likeness (QED) is 0.550. The van der Waals surface area contributed by atoms with Gasteiger partial charge in [-0.05, 0) is 35.8 Å². The Morgan fingerprint density at radius 3 is 1.76 bits per heavy atom. The van der Waals surface area contributed by atoms with Crippen molar-refractivity contribution in [2.75, 3.05) is 0 Å². The highest BCUT2D eigenvalue weighted by molar-refractivity contribution is 5.98. The van der Waals surface area contributed by atoms with Crippen molar-refractivity contribution < 1.29 is 4.79 Å². The second kappa shape index (κ2) is 7.06. The number of hydrogen-bond acceptors (Lipinski definition) is 1. The first kappa shape index (κ1) is 15.8. The van der Waals surface area contributed by atoms with E-state index in [1.54, 1.807) is 0 Å². The average Bonchev–Trinajstić information content (AvgIpc) is 3.15. The molecule has 0 N–H and O–H groups in total. The van der Waals surface area contributed by atoms with Crippen LogP contribution < -0.4 is 0 Å². The topological polar surface area (TPSA) is 17.1 Å². The maximum absolute atomic E-state index is 13.2. The van der Waals surface area contributed by atoms with Gasteiger partial charge in [-0.2, -0.15) is 0 Å². The number of carbonyl (C=O) groups is 1. The summed E-state index contributed by atoms with van der Waals surface area (Å²) in [5.74, 6) is 1.08. The highest BCUT2D eigenvalue weighted by Gasteiger charge is 2.40. The number of benzene rings is 3. The molecule has 3 atom stereocenters. The van der Waals surface area contributed by atoms with E-state index in [1.165, 1.54) is 11.1 Å². The minimum atomic E-state index is 0.0509. The molecule has 3 aromatic carbocycles. The van der Waals surface area contributed by atoms with E-state index in [-0.39, 0.29) is 11.7 Å². The van der Waals surface area contributed by atoms with Crippen LogP contribution in [-0.2, 0) is 0 Å². The summed E-state index contributed by atoms with van der Waals surface area (Å²) in [6, 6.07) is 30.9. The monoisotopic (exact) mass is 326 g/mol. The molecule has 0 spiro atoms. The van der Waals surface area contributed by atoms with Gasteiger partial charge in [0, 0.05) is 11.5 Å². The summed E-state index contributed by atoms with van der Waals surface area (Å²) in [6.07, 6.45) is 1.97. The molecule has 1 fully saturated rings. The Hall–Kier alpha value is -2.67. The van der Waals surface area contributed by atoms with E-state index in [2.05, 4.69) is 54.6 Å². The summed E-state index contributed by atoms with van der Waals surface area (Å²) >= 11 is 0. The fraction of sp³-hybridized carbons (Fsp3) is 0.208. The van der Waals surface area contributed by atoms with Crippen molar-refractivity contribution in [1.82, 2.24) is 0 Å². The lowest BCUT2D eigenvalue weighted by atomic mass is 9.84. The number of hydrogen-bond donors (Lipinski definition) is 0. The van der Waals surface area contributed by atoms with Gasteiger partial charge >= 0.3 is 0 Å². The van der Waals surface area contributed by atoms with E-state index in [9.17, 15) is 4.79 Å². The SMILES string of the molecule is O=C(c1ccccc1)[C@@H]1C[C@H](c2ccccc2)C[C@H]1c1ccccc1. The van der Waals surface area contributed by atoms with E-state index in [0.717, 1.165) is 18.4 Å². The highest BCUT2D eigenvalue weighted by atomic mass is 16.1. The van der Waals surface area contributed by atoms with Crippen molar-refractivity contribution in [3.8, 4) is 0 Å². The summed E-state index contributed by atoms with van der Waals surface area (Å²) in [5, 5.41) is 0. The first-order chi connectivity index (χ1) is 12.3. The van der Waals surface area contributed by atoms with Gasteiger partial charge < -0.3 is 0 Å². The van der Waals surface area contributed by atoms with Gasteiger partial charge in [0.25, 0.3) is 0 Å². The van der Waals surface area contributed by atoms with Crippen LogP contribution in [0.5, 0.6) is 0 Å². The van der Waals surface area contributed by atoms with Crippen molar-refractivity contribution in [1.29, 1.82) is 0 Å². The largest absolute Gasteiger partial charge is 0.294 e. The Labute approximate surface area is 149 Å². The lowest BCUT2D eigenvalue weighted by molar-refractivity contribution is 0.0911. The Bertz CT molecular complexity index is 824. The molecule has 0 aliphatic heterocycles. The fourth-order valence-electron chi connectivity index (χ4n) is 4.21. The molecule has 0 bridgehead atoms. The predicted molar refractivity (Wildman–Crippen MR) is 102 cm³/mol. The van der Waals surface area contributed by atoms with Crippen LogP contribution in [0.4, 0.5) is 0 Å². The van der Waals surface area contributed by atoms with Crippen LogP contribution >= 0.6 is 0 Å². The molecule has 1 aliphatic carbocycles. The Morgan fingerprint density at radius 1 is 0.640 bits per heavy atom. The van der Waals surface area contributed by atoms with Gasteiger partial charge in [0.1, 0.15) is 0 Å². The van der Waals surface area contributed by atoms with Gasteiger partial charge in [0.05, 0.1) is 0 Å².